The molecule has 7 aromatic carbocycles. The number of hydrogen-bond acceptors (Lipinski definition) is 2. The summed E-state index contributed by atoms with van der Waals surface area (Å²) >= 11 is 1.83. The van der Waals surface area contributed by atoms with Gasteiger partial charge in [0, 0.05) is 32.0 Å². The fourth-order valence-electron chi connectivity index (χ4n) is 7.54. The number of para-hydroxylation sites is 1. The highest BCUT2D eigenvalue weighted by molar-refractivity contribution is 7.18. The summed E-state index contributed by atoms with van der Waals surface area (Å²) in [6.45, 7) is 0. The Labute approximate surface area is 281 Å². The molecule has 0 atom stereocenters. The number of fused-ring (bicyclic) bond motifs is 10. The summed E-state index contributed by atoms with van der Waals surface area (Å²) in [5, 5.41) is 11.2. The van der Waals surface area contributed by atoms with E-state index < -0.39 is 0 Å². The number of aromatic nitrogens is 2. The van der Waals surface area contributed by atoms with Crippen molar-refractivity contribution in [1.82, 2.24) is 9.55 Å². The standard InChI is InChI=1S/C45H28N2S/c1-3-13-29(14-4-1)32-27-38(30-15-5-2-6-16-30)46-39(28-32)37-21-11-12-22-40(37)47-41-24-23-31-25-26-48-45(31)43(41)42-35-19-9-7-17-33(35)34-18-8-10-20-36(34)44(42)47/h1-28H. The van der Waals surface area contributed by atoms with E-state index >= 15 is 0 Å². The Bertz CT molecular complexity index is 2770. The number of nitrogens with zero attached hydrogens (tertiary/aromatic N) is 2. The summed E-state index contributed by atoms with van der Waals surface area (Å²) in [7, 11) is 0. The van der Waals surface area contributed by atoms with E-state index in [0.29, 0.717) is 0 Å². The molecule has 0 saturated carbocycles. The van der Waals surface area contributed by atoms with Crippen molar-refractivity contribution in [3.05, 3.63) is 169 Å². The molecule has 10 aromatic rings. The van der Waals surface area contributed by atoms with Crippen LogP contribution < -0.4 is 0 Å². The highest BCUT2D eigenvalue weighted by Gasteiger charge is 2.23. The van der Waals surface area contributed by atoms with Crippen molar-refractivity contribution in [2.24, 2.45) is 0 Å². The molecule has 10 rings (SSSR count). The van der Waals surface area contributed by atoms with Gasteiger partial charge in [-0.1, -0.05) is 133 Å². The molecule has 0 fully saturated rings. The molecule has 0 radical (unpaired) electrons. The lowest BCUT2D eigenvalue weighted by Crippen LogP contribution is -2.00. The van der Waals surface area contributed by atoms with Gasteiger partial charge in [0.15, 0.2) is 0 Å². The third-order valence-electron chi connectivity index (χ3n) is 9.64. The molecule has 0 unspecified atom stereocenters. The van der Waals surface area contributed by atoms with Gasteiger partial charge < -0.3 is 4.57 Å². The first-order valence-electron chi connectivity index (χ1n) is 16.3. The predicted octanol–water partition coefficient (Wildman–Crippen LogP) is 12.7. The van der Waals surface area contributed by atoms with Crippen molar-refractivity contribution in [3.63, 3.8) is 0 Å². The Morgan fingerprint density at radius 2 is 1.08 bits per heavy atom. The number of rotatable bonds is 4. The van der Waals surface area contributed by atoms with Gasteiger partial charge in [0.05, 0.1) is 28.1 Å². The van der Waals surface area contributed by atoms with Crippen LogP contribution in [0.2, 0.25) is 0 Å². The van der Waals surface area contributed by atoms with Crippen molar-refractivity contribution in [3.8, 4) is 39.3 Å². The highest BCUT2D eigenvalue weighted by atomic mass is 32.1. The second-order valence-electron chi connectivity index (χ2n) is 12.3. The number of benzene rings is 7. The predicted molar refractivity (Wildman–Crippen MR) is 205 cm³/mol. The minimum absolute atomic E-state index is 0.947. The van der Waals surface area contributed by atoms with E-state index in [2.05, 4.69) is 174 Å². The van der Waals surface area contributed by atoms with Gasteiger partial charge in [0.2, 0.25) is 0 Å². The van der Waals surface area contributed by atoms with Crippen LogP contribution in [0.4, 0.5) is 0 Å². The molecule has 0 aliphatic heterocycles. The smallest absolute Gasteiger partial charge is 0.0736 e. The van der Waals surface area contributed by atoms with Crippen LogP contribution in [0.25, 0.3) is 92.8 Å². The van der Waals surface area contributed by atoms with Gasteiger partial charge in [-0.25, -0.2) is 4.98 Å². The SMILES string of the molecule is c1ccc(-c2cc(-c3ccccc3)nc(-c3ccccc3-n3c4ccc5ccsc5c4c4c5ccccc5c5ccccc5c43)c2)cc1. The zero-order valence-electron chi connectivity index (χ0n) is 26.0. The van der Waals surface area contributed by atoms with Gasteiger partial charge in [-0.15, -0.1) is 11.3 Å². The molecule has 2 nitrogen and oxygen atoms in total. The molecule has 3 heterocycles. The molecule has 0 N–H and O–H groups in total. The first kappa shape index (κ1) is 27.1. The Balaban J connectivity index is 1.36. The minimum Gasteiger partial charge on any atom is -0.308 e. The molecule has 0 aliphatic rings. The van der Waals surface area contributed by atoms with Crippen molar-refractivity contribution in [1.29, 1.82) is 0 Å². The molecule has 48 heavy (non-hydrogen) atoms. The van der Waals surface area contributed by atoms with E-state index in [9.17, 15) is 0 Å². The lowest BCUT2D eigenvalue weighted by Gasteiger charge is -2.17. The zero-order chi connectivity index (χ0) is 31.6. The van der Waals surface area contributed by atoms with Gasteiger partial charge in [-0.05, 0) is 68.4 Å². The Kier molecular flexibility index (Phi) is 6.08. The van der Waals surface area contributed by atoms with Crippen molar-refractivity contribution >= 4 is 64.8 Å². The lowest BCUT2D eigenvalue weighted by atomic mass is 9.96. The Morgan fingerprint density at radius 3 is 1.88 bits per heavy atom. The van der Waals surface area contributed by atoms with Crippen LogP contribution >= 0.6 is 11.3 Å². The van der Waals surface area contributed by atoms with Gasteiger partial charge >= 0.3 is 0 Å². The molecule has 0 bridgehead atoms. The van der Waals surface area contributed by atoms with E-state index in [1.165, 1.54) is 59.0 Å². The Morgan fingerprint density at radius 1 is 0.458 bits per heavy atom. The summed E-state index contributed by atoms with van der Waals surface area (Å²) in [4.78, 5) is 5.37. The van der Waals surface area contributed by atoms with E-state index in [0.717, 1.165) is 33.8 Å². The number of hydrogen-bond donors (Lipinski definition) is 0. The van der Waals surface area contributed by atoms with Gasteiger partial charge in [-0.3, -0.25) is 0 Å². The van der Waals surface area contributed by atoms with E-state index in [1.54, 1.807) is 0 Å². The molecule has 0 saturated heterocycles. The molecule has 0 amide bonds. The van der Waals surface area contributed by atoms with Gasteiger partial charge in [0.1, 0.15) is 0 Å². The maximum atomic E-state index is 5.37. The maximum Gasteiger partial charge on any atom is 0.0736 e. The van der Waals surface area contributed by atoms with Crippen molar-refractivity contribution < 1.29 is 0 Å². The van der Waals surface area contributed by atoms with Gasteiger partial charge in [0.25, 0.3) is 0 Å². The highest BCUT2D eigenvalue weighted by Crippen LogP contribution is 2.46. The van der Waals surface area contributed by atoms with Crippen LogP contribution in [0.15, 0.2) is 169 Å². The lowest BCUT2D eigenvalue weighted by molar-refractivity contribution is 1.18. The van der Waals surface area contributed by atoms with E-state index in [-0.39, 0.29) is 0 Å². The molecule has 0 aliphatic carbocycles. The molecule has 3 aromatic heterocycles. The Hall–Kier alpha value is -6.03. The molecular formula is C45H28N2S. The van der Waals surface area contributed by atoms with Gasteiger partial charge in [-0.2, -0.15) is 0 Å². The molecular weight excluding hydrogens is 601 g/mol. The van der Waals surface area contributed by atoms with Crippen LogP contribution in [0.1, 0.15) is 0 Å². The summed E-state index contributed by atoms with van der Waals surface area (Å²) in [5.74, 6) is 0. The van der Waals surface area contributed by atoms with Crippen molar-refractivity contribution in [2.45, 2.75) is 0 Å². The molecule has 0 spiro atoms. The molecule has 224 valence electrons. The van der Waals surface area contributed by atoms with Crippen LogP contribution in [0.3, 0.4) is 0 Å². The monoisotopic (exact) mass is 628 g/mol. The van der Waals surface area contributed by atoms with Crippen LogP contribution in [-0.4, -0.2) is 9.55 Å². The number of pyridine rings is 1. The van der Waals surface area contributed by atoms with E-state index in [4.69, 9.17) is 4.98 Å². The average Bonchev–Trinajstić information content (AvgIpc) is 3.79. The quantitative estimate of drug-likeness (QED) is 0.177. The minimum atomic E-state index is 0.947. The largest absolute Gasteiger partial charge is 0.308 e. The maximum absolute atomic E-state index is 5.37. The first-order chi connectivity index (χ1) is 23.8. The average molecular weight is 629 g/mol. The third kappa shape index (κ3) is 4.08. The number of thiophene rings is 1. The first-order valence-corrected chi connectivity index (χ1v) is 17.2. The van der Waals surface area contributed by atoms with Crippen LogP contribution in [0.5, 0.6) is 0 Å². The summed E-state index contributed by atoms with van der Waals surface area (Å²) in [6, 6.07) is 59.0. The normalized spacial score (nSPS) is 11.8. The fraction of sp³-hybridized carbons (Fsp3) is 0. The van der Waals surface area contributed by atoms with Crippen molar-refractivity contribution in [2.75, 3.05) is 0 Å². The zero-order valence-corrected chi connectivity index (χ0v) is 26.8. The summed E-state index contributed by atoms with van der Waals surface area (Å²) in [6.07, 6.45) is 0. The second kappa shape index (κ2) is 10.8. The third-order valence-corrected chi connectivity index (χ3v) is 10.6. The van der Waals surface area contributed by atoms with Crippen LogP contribution in [-0.2, 0) is 0 Å². The topological polar surface area (TPSA) is 17.8 Å². The summed E-state index contributed by atoms with van der Waals surface area (Å²) in [5.41, 5.74) is 9.97. The fourth-order valence-corrected chi connectivity index (χ4v) is 8.48. The molecule has 3 heteroatoms. The summed E-state index contributed by atoms with van der Waals surface area (Å²) < 4.78 is 3.83. The van der Waals surface area contributed by atoms with E-state index in [1.807, 2.05) is 11.3 Å². The second-order valence-corrected chi connectivity index (χ2v) is 13.2. The van der Waals surface area contributed by atoms with Crippen LogP contribution in [0, 0.1) is 0 Å².